The van der Waals surface area contributed by atoms with E-state index in [0.717, 1.165) is 0 Å². The summed E-state index contributed by atoms with van der Waals surface area (Å²) in [5.41, 5.74) is 4.37. The second-order valence-corrected chi connectivity index (χ2v) is 5.34. The van der Waals surface area contributed by atoms with Gasteiger partial charge in [-0.1, -0.05) is 0 Å². The van der Waals surface area contributed by atoms with Crippen LogP contribution < -0.4 is 24.8 Å². The average Bonchev–Trinajstić information content (AvgIpc) is 2.32. The molecule has 14 heavy (non-hydrogen) atoms. The third-order valence-corrected chi connectivity index (χ3v) is 4.80. The van der Waals surface area contributed by atoms with Gasteiger partial charge in [-0.15, -0.1) is 0 Å². The summed E-state index contributed by atoms with van der Waals surface area (Å²) in [4.78, 5) is 0. The summed E-state index contributed by atoms with van der Waals surface area (Å²) in [7, 11) is 0. The SMILES string of the molecule is CC1=Cc2c(Br)cccc2[CH]1[Zr+2].[Cl-].[Cl-]. The fraction of sp³-hybridized carbons (Fsp3) is 0.200. The number of allylic oxidation sites excluding steroid dienone is 1. The Labute approximate surface area is 120 Å². The quantitative estimate of drug-likeness (QED) is 0.473. The summed E-state index contributed by atoms with van der Waals surface area (Å²) in [6.07, 6.45) is 2.29. The predicted molar refractivity (Wildman–Crippen MR) is 50.5 cm³/mol. The molecule has 0 amide bonds. The molecule has 1 unspecified atom stereocenters. The molecule has 1 aliphatic rings. The molecule has 1 aliphatic carbocycles. The minimum atomic E-state index is 0. The molecule has 1 aromatic rings. The van der Waals surface area contributed by atoms with Gasteiger partial charge in [0.15, 0.2) is 0 Å². The van der Waals surface area contributed by atoms with Crippen LogP contribution in [0, 0.1) is 0 Å². The maximum atomic E-state index is 3.57. The minimum absolute atomic E-state index is 0. The summed E-state index contributed by atoms with van der Waals surface area (Å²) >= 11 is 5.15. The van der Waals surface area contributed by atoms with Gasteiger partial charge in [0.2, 0.25) is 0 Å². The van der Waals surface area contributed by atoms with Crippen LogP contribution in [0.25, 0.3) is 6.08 Å². The molecule has 0 saturated carbocycles. The molecule has 0 aromatic heterocycles. The first kappa shape index (κ1) is 14.9. The number of hydrogen-bond donors (Lipinski definition) is 0. The van der Waals surface area contributed by atoms with E-state index in [9.17, 15) is 0 Å². The summed E-state index contributed by atoms with van der Waals surface area (Å²) in [5, 5.41) is 0. The first-order valence-electron chi connectivity index (χ1n) is 3.88. The van der Waals surface area contributed by atoms with Crippen molar-refractivity contribution in [3.05, 3.63) is 39.4 Å². The topological polar surface area (TPSA) is 0 Å². The van der Waals surface area contributed by atoms with Crippen LogP contribution in [0.3, 0.4) is 0 Å². The number of fused-ring (bicyclic) bond motifs is 1. The molecule has 0 fully saturated rings. The first-order valence-corrected chi connectivity index (χ1v) is 6.09. The second kappa shape index (κ2) is 5.84. The van der Waals surface area contributed by atoms with Gasteiger partial charge in [-0.2, -0.15) is 0 Å². The third kappa shape index (κ3) is 2.53. The molecule has 0 N–H and O–H groups in total. The van der Waals surface area contributed by atoms with Gasteiger partial charge < -0.3 is 24.8 Å². The largest absolute Gasteiger partial charge is 1.00 e. The van der Waals surface area contributed by atoms with Crippen molar-refractivity contribution in [2.45, 2.75) is 10.5 Å². The Kier molecular flexibility index (Phi) is 6.22. The summed E-state index contributed by atoms with van der Waals surface area (Å²) < 4.78 is 1.91. The molecule has 0 heterocycles. The van der Waals surface area contributed by atoms with E-state index in [0.29, 0.717) is 3.63 Å². The Morgan fingerprint density at radius 2 is 1.93 bits per heavy atom. The molecule has 1 aromatic carbocycles. The van der Waals surface area contributed by atoms with E-state index in [1.807, 2.05) is 0 Å². The molecule has 0 aliphatic heterocycles. The van der Waals surface area contributed by atoms with E-state index in [1.54, 1.807) is 24.7 Å². The number of benzene rings is 1. The number of halogens is 3. The molecule has 0 radical (unpaired) electrons. The maximum absolute atomic E-state index is 3.57. The molecule has 1 atom stereocenters. The van der Waals surface area contributed by atoms with Crippen LogP contribution in [-0.2, 0) is 24.7 Å². The van der Waals surface area contributed by atoms with Gasteiger partial charge in [-0.05, 0) is 0 Å². The van der Waals surface area contributed by atoms with Crippen LogP contribution in [0.1, 0.15) is 21.7 Å². The Morgan fingerprint density at radius 3 is 2.50 bits per heavy atom. The van der Waals surface area contributed by atoms with Crippen molar-refractivity contribution < 1.29 is 49.5 Å². The summed E-state index contributed by atoms with van der Waals surface area (Å²) in [6.45, 7) is 2.21. The second-order valence-electron chi connectivity index (χ2n) is 3.06. The van der Waals surface area contributed by atoms with Crippen LogP contribution >= 0.6 is 15.9 Å². The van der Waals surface area contributed by atoms with Gasteiger partial charge >= 0.3 is 96.6 Å². The van der Waals surface area contributed by atoms with Crippen molar-refractivity contribution >= 4 is 22.0 Å². The van der Waals surface area contributed by atoms with Gasteiger partial charge in [0.25, 0.3) is 0 Å². The van der Waals surface area contributed by atoms with Crippen molar-refractivity contribution in [2.75, 3.05) is 0 Å². The van der Waals surface area contributed by atoms with Gasteiger partial charge in [0, 0.05) is 0 Å². The molecular weight excluding hydrogens is 362 g/mol. The molecule has 4 heteroatoms. The monoisotopic (exact) mass is 367 g/mol. The summed E-state index contributed by atoms with van der Waals surface area (Å²) in [6, 6.07) is 6.45. The smallest absolute Gasteiger partial charge is 1.00 e. The Morgan fingerprint density at radius 1 is 1.29 bits per heavy atom. The molecule has 0 nitrogen and oxygen atoms in total. The van der Waals surface area contributed by atoms with Crippen molar-refractivity contribution in [3.63, 3.8) is 0 Å². The van der Waals surface area contributed by atoms with E-state index >= 15 is 0 Å². The zero-order valence-corrected chi connectivity index (χ0v) is 13.1. The predicted octanol–water partition coefficient (Wildman–Crippen LogP) is -2.54. The zero-order valence-electron chi connectivity index (χ0n) is 7.52. The van der Waals surface area contributed by atoms with Crippen LogP contribution in [0.15, 0.2) is 28.2 Å². The Hall–Kier alpha value is 0.903. The third-order valence-electron chi connectivity index (χ3n) is 2.22. The standard InChI is InChI=1S/C10H8Br.2ClH.Zr/c1-7-5-8-3-2-4-10(11)9(8)6-7;;;/h2-6H,1H3;2*1H;/q;;;+2/p-2. The van der Waals surface area contributed by atoms with E-state index in [2.05, 4.69) is 47.1 Å². The zero-order chi connectivity index (χ0) is 8.72. The molecule has 0 spiro atoms. The van der Waals surface area contributed by atoms with Crippen LogP contribution in [-0.4, -0.2) is 0 Å². The van der Waals surface area contributed by atoms with Crippen molar-refractivity contribution in [1.29, 1.82) is 0 Å². The summed E-state index contributed by atoms with van der Waals surface area (Å²) in [5.74, 6) is 0. The molecule has 0 saturated heterocycles. The van der Waals surface area contributed by atoms with Gasteiger partial charge in [-0.3, -0.25) is 0 Å². The molecule has 2 rings (SSSR count). The van der Waals surface area contributed by atoms with Gasteiger partial charge in [0.05, 0.1) is 0 Å². The van der Waals surface area contributed by atoms with E-state index < -0.39 is 0 Å². The van der Waals surface area contributed by atoms with Crippen molar-refractivity contribution in [1.82, 2.24) is 0 Å². The Bertz CT molecular complexity index is 363. The molecule has 73 valence electrons. The van der Waals surface area contributed by atoms with Crippen LogP contribution in [0.5, 0.6) is 0 Å². The van der Waals surface area contributed by atoms with E-state index in [1.165, 1.54) is 21.2 Å². The van der Waals surface area contributed by atoms with Crippen LogP contribution in [0.2, 0.25) is 0 Å². The van der Waals surface area contributed by atoms with Gasteiger partial charge in [-0.25, -0.2) is 0 Å². The number of hydrogen-bond acceptors (Lipinski definition) is 0. The first-order chi connectivity index (χ1) is 5.70. The average molecular weight is 370 g/mol. The van der Waals surface area contributed by atoms with E-state index in [4.69, 9.17) is 0 Å². The maximum Gasteiger partial charge on any atom is -1.00 e. The van der Waals surface area contributed by atoms with Crippen LogP contribution in [0.4, 0.5) is 0 Å². The van der Waals surface area contributed by atoms with Crippen molar-refractivity contribution in [3.8, 4) is 0 Å². The number of rotatable bonds is 0. The molecule has 0 bridgehead atoms. The Balaban J connectivity index is 0.000000845. The van der Waals surface area contributed by atoms with Gasteiger partial charge in [0.1, 0.15) is 0 Å². The van der Waals surface area contributed by atoms with E-state index in [-0.39, 0.29) is 24.8 Å². The van der Waals surface area contributed by atoms with Crippen molar-refractivity contribution in [2.24, 2.45) is 0 Å². The fourth-order valence-corrected chi connectivity index (χ4v) is 2.83. The normalized spacial score (nSPS) is 17.7. The molecular formula is C10H8BrCl2Zr. The fourth-order valence-electron chi connectivity index (χ4n) is 1.51. The minimum Gasteiger partial charge on any atom is -1.00 e.